The first-order chi connectivity index (χ1) is 5.87. The van der Waals surface area contributed by atoms with Crippen LogP contribution in [0.4, 0.5) is 0 Å². The van der Waals surface area contributed by atoms with Crippen molar-refractivity contribution in [3.63, 3.8) is 0 Å². The van der Waals surface area contributed by atoms with Crippen molar-refractivity contribution in [2.45, 2.75) is 38.5 Å². The second-order valence-electron chi connectivity index (χ2n) is 4.10. The maximum atomic E-state index is 9.11. The molecule has 0 N–H and O–H groups in total. The third-order valence-corrected chi connectivity index (χ3v) is 3.52. The number of hydrogen-bond donors (Lipinski definition) is 0. The Labute approximate surface area is 74.1 Å². The molecule has 1 heteroatoms. The van der Waals surface area contributed by atoms with Gasteiger partial charge < -0.3 is 0 Å². The Balaban J connectivity index is 2.07. The molecule has 64 valence electrons. The molecule has 1 unspecified atom stereocenters. The van der Waals surface area contributed by atoms with Crippen LogP contribution in [-0.4, -0.2) is 0 Å². The van der Waals surface area contributed by atoms with Crippen LogP contribution in [-0.2, 0) is 0 Å². The molecule has 1 saturated carbocycles. The monoisotopic (exact) mass is 161 g/mol. The van der Waals surface area contributed by atoms with Crippen LogP contribution in [0, 0.1) is 22.7 Å². The van der Waals surface area contributed by atoms with Gasteiger partial charge >= 0.3 is 0 Å². The third kappa shape index (κ3) is 1.06. The van der Waals surface area contributed by atoms with Crippen molar-refractivity contribution < 1.29 is 0 Å². The van der Waals surface area contributed by atoms with E-state index in [0.29, 0.717) is 5.92 Å². The third-order valence-electron chi connectivity index (χ3n) is 3.52. The molecule has 2 rings (SSSR count). The van der Waals surface area contributed by atoms with Gasteiger partial charge in [0.15, 0.2) is 0 Å². The fourth-order valence-electron chi connectivity index (χ4n) is 2.46. The van der Waals surface area contributed by atoms with Crippen LogP contribution in [0.1, 0.15) is 38.5 Å². The van der Waals surface area contributed by atoms with Gasteiger partial charge in [-0.1, -0.05) is 18.6 Å². The molecule has 1 nitrogen and oxygen atoms in total. The van der Waals surface area contributed by atoms with Gasteiger partial charge in [0.1, 0.15) is 0 Å². The number of rotatable bonds is 1. The van der Waals surface area contributed by atoms with E-state index in [9.17, 15) is 0 Å². The highest BCUT2D eigenvalue weighted by molar-refractivity contribution is 5.11. The van der Waals surface area contributed by atoms with Gasteiger partial charge in [-0.3, -0.25) is 0 Å². The molecule has 1 fully saturated rings. The van der Waals surface area contributed by atoms with Gasteiger partial charge in [-0.15, -0.1) is 0 Å². The smallest absolute Gasteiger partial charge is 0.0692 e. The van der Waals surface area contributed by atoms with Crippen molar-refractivity contribution in [1.29, 1.82) is 5.26 Å². The molecule has 0 aromatic heterocycles. The summed E-state index contributed by atoms with van der Waals surface area (Å²) in [5.74, 6) is 0.668. The Bertz CT molecular complexity index is 230. The predicted molar refractivity (Wildman–Crippen MR) is 48.4 cm³/mol. The zero-order valence-corrected chi connectivity index (χ0v) is 7.42. The van der Waals surface area contributed by atoms with Gasteiger partial charge in [0, 0.05) is 0 Å². The molecule has 0 spiro atoms. The molecule has 0 saturated heterocycles. The van der Waals surface area contributed by atoms with Gasteiger partial charge in [-0.2, -0.15) is 5.26 Å². The summed E-state index contributed by atoms with van der Waals surface area (Å²) in [6.07, 6.45) is 11.7. The molecular weight excluding hydrogens is 146 g/mol. The van der Waals surface area contributed by atoms with Crippen molar-refractivity contribution in [3.8, 4) is 6.07 Å². The normalized spacial score (nSPS) is 32.1. The maximum absolute atomic E-state index is 9.11. The number of nitrogens with zero attached hydrogens (tertiary/aromatic N) is 1. The van der Waals surface area contributed by atoms with E-state index in [2.05, 4.69) is 18.2 Å². The summed E-state index contributed by atoms with van der Waals surface area (Å²) in [6, 6.07) is 2.55. The SMILES string of the molecule is N#CC1(C2CC=CCC2)CCC1. The average Bonchev–Trinajstić information content (AvgIpc) is 2.05. The van der Waals surface area contributed by atoms with Crippen LogP contribution in [0.15, 0.2) is 12.2 Å². The van der Waals surface area contributed by atoms with Crippen LogP contribution in [0.25, 0.3) is 0 Å². The van der Waals surface area contributed by atoms with Gasteiger partial charge in [-0.25, -0.2) is 0 Å². The second kappa shape index (κ2) is 2.94. The topological polar surface area (TPSA) is 23.8 Å². The fraction of sp³-hybridized carbons (Fsp3) is 0.727. The van der Waals surface area contributed by atoms with Crippen molar-refractivity contribution in [1.82, 2.24) is 0 Å². The first-order valence-corrected chi connectivity index (χ1v) is 4.94. The van der Waals surface area contributed by atoms with Crippen LogP contribution in [0.2, 0.25) is 0 Å². The quantitative estimate of drug-likeness (QED) is 0.542. The van der Waals surface area contributed by atoms with Gasteiger partial charge in [-0.05, 0) is 38.0 Å². The lowest BCUT2D eigenvalue weighted by atomic mass is 9.59. The first-order valence-electron chi connectivity index (χ1n) is 4.94. The molecule has 0 aromatic carbocycles. The highest BCUT2D eigenvalue weighted by Gasteiger charge is 2.43. The molecule has 0 bridgehead atoms. The summed E-state index contributed by atoms with van der Waals surface area (Å²) < 4.78 is 0. The standard InChI is InChI=1S/C11H15N/c12-9-11(7-4-8-11)10-5-2-1-3-6-10/h1-2,10H,3-8H2. The zero-order chi connectivity index (χ0) is 8.44. The number of hydrogen-bond acceptors (Lipinski definition) is 1. The fourth-order valence-corrected chi connectivity index (χ4v) is 2.46. The minimum absolute atomic E-state index is 0.0881. The highest BCUT2D eigenvalue weighted by atomic mass is 14.5. The molecule has 0 heterocycles. The summed E-state index contributed by atoms with van der Waals surface area (Å²) >= 11 is 0. The van der Waals surface area contributed by atoms with Gasteiger partial charge in [0.2, 0.25) is 0 Å². The van der Waals surface area contributed by atoms with Crippen LogP contribution >= 0.6 is 0 Å². The minimum atomic E-state index is 0.0881. The summed E-state index contributed by atoms with van der Waals surface area (Å²) in [6.45, 7) is 0. The molecular formula is C11H15N. The van der Waals surface area contributed by atoms with Crippen LogP contribution in [0.3, 0.4) is 0 Å². The van der Waals surface area contributed by atoms with E-state index in [4.69, 9.17) is 5.26 Å². The Morgan fingerprint density at radius 1 is 1.33 bits per heavy atom. The maximum Gasteiger partial charge on any atom is 0.0692 e. The van der Waals surface area contributed by atoms with Gasteiger partial charge in [0.25, 0.3) is 0 Å². The lowest BCUT2D eigenvalue weighted by Gasteiger charge is -2.42. The van der Waals surface area contributed by atoms with E-state index < -0.39 is 0 Å². The summed E-state index contributed by atoms with van der Waals surface area (Å²) in [4.78, 5) is 0. The molecule has 12 heavy (non-hydrogen) atoms. The molecule has 0 amide bonds. The average molecular weight is 161 g/mol. The Morgan fingerprint density at radius 2 is 2.17 bits per heavy atom. The number of nitriles is 1. The molecule has 2 aliphatic rings. The van der Waals surface area contributed by atoms with E-state index in [1.54, 1.807) is 0 Å². The van der Waals surface area contributed by atoms with Crippen molar-refractivity contribution >= 4 is 0 Å². The van der Waals surface area contributed by atoms with E-state index >= 15 is 0 Å². The number of allylic oxidation sites excluding steroid dienone is 2. The Morgan fingerprint density at radius 3 is 2.58 bits per heavy atom. The summed E-state index contributed by atoms with van der Waals surface area (Å²) in [5.41, 5.74) is 0.0881. The van der Waals surface area contributed by atoms with Crippen LogP contribution < -0.4 is 0 Å². The summed E-state index contributed by atoms with van der Waals surface area (Å²) in [7, 11) is 0. The first kappa shape index (κ1) is 7.86. The molecule has 0 aromatic rings. The molecule has 0 radical (unpaired) electrons. The second-order valence-corrected chi connectivity index (χ2v) is 4.10. The lowest BCUT2D eigenvalue weighted by Crippen LogP contribution is -2.36. The van der Waals surface area contributed by atoms with Crippen molar-refractivity contribution in [2.24, 2.45) is 11.3 Å². The zero-order valence-electron chi connectivity index (χ0n) is 7.42. The molecule has 1 atom stereocenters. The predicted octanol–water partition coefficient (Wildman–Crippen LogP) is 3.04. The Hall–Kier alpha value is -0.770. The van der Waals surface area contributed by atoms with Gasteiger partial charge in [0.05, 0.1) is 11.5 Å². The van der Waals surface area contributed by atoms with Crippen LogP contribution in [0.5, 0.6) is 0 Å². The molecule has 0 aliphatic heterocycles. The minimum Gasteiger partial charge on any atom is -0.198 e. The van der Waals surface area contributed by atoms with E-state index in [1.165, 1.54) is 19.3 Å². The van der Waals surface area contributed by atoms with E-state index in [-0.39, 0.29) is 5.41 Å². The summed E-state index contributed by atoms with van der Waals surface area (Å²) in [5, 5.41) is 9.11. The molecule has 2 aliphatic carbocycles. The van der Waals surface area contributed by atoms with Crippen molar-refractivity contribution in [2.75, 3.05) is 0 Å². The van der Waals surface area contributed by atoms with E-state index in [0.717, 1.165) is 19.3 Å². The van der Waals surface area contributed by atoms with Crippen molar-refractivity contribution in [3.05, 3.63) is 12.2 Å². The Kier molecular flexibility index (Phi) is 1.92. The lowest BCUT2D eigenvalue weighted by molar-refractivity contribution is 0.109. The largest absolute Gasteiger partial charge is 0.198 e. The highest BCUT2D eigenvalue weighted by Crippen LogP contribution is 2.50. The van der Waals surface area contributed by atoms with E-state index in [1.807, 2.05) is 0 Å².